The first-order chi connectivity index (χ1) is 9.74. The molecule has 0 atom stereocenters. The van der Waals surface area contributed by atoms with E-state index in [1.54, 1.807) is 6.21 Å². The van der Waals surface area contributed by atoms with Crippen LogP contribution >= 0.6 is 0 Å². The predicted octanol–water partition coefficient (Wildman–Crippen LogP) is 3.33. The van der Waals surface area contributed by atoms with Gasteiger partial charge in [-0.1, -0.05) is 42.0 Å². The van der Waals surface area contributed by atoms with Crippen LogP contribution in [-0.4, -0.2) is 15.8 Å². The fraction of sp³-hybridized carbons (Fsp3) is 0.125. The minimum Gasteiger partial charge on any atom is -0.312 e. The van der Waals surface area contributed by atoms with Gasteiger partial charge in [-0.2, -0.15) is 5.10 Å². The Hall–Kier alpha value is -2.62. The van der Waals surface area contributed by atoms with Crippen molar-refractivity contribution in [3.63, 3.8) is 0 Å². The van der Waals surface area contributed by atoms with Crippen molar-refractivity contribution >= 4 is 23.2 Å². The van der Waals surface area contributed by atoms with Crippen LogP contribution in [0, 0.1) is 6.92 Å². The highest BCUT2D eigenvalue weighted by Crippen LogP contribution is 2.17. The lowest BCUT2D eigenvalue weighted by molar-refractivity contribution is 0.943. The van der Waals surface area contributed by atoms with Crippen molar-refractivity contribution in [2.75, 3.05) is 5.43 Å². The maximum absolute atomic E-state index is 4.50. The van der Waals surface area contributed by atoms with Crippen molar-refractivity contribution in [1.82, 2.24) is 9.55 Å². The Balaban J connectivity index is 1.80. The monoisotopic (exact) mass is 264 g/mol. The molecule has 0 aliphatic heterocycles. The van der Waals surface area contributed by atoms with E-state index >= 15 is 0 Å². The topological polar surface area (TPSA) is 42.2 Å². The Morgan fingerprint density at radius 1 is 1.10 bits per heavy atom. The largest absolute Gasteiger partial charge is 0.312 e. The average Bonchev–Trinajstić information content (AvgIpc) is 2.78. The zero-order valence-electron chi connectivity index (χ0n) is 11.5. The van der Waals surface area contributed by atoms with Crippen LogP contribution in [0.4, 0.5) is 5.95 Å². The number of imidazole rings is 1. The Morgan fingerprint density at radius 2 is 1.85 bits per heavy atom. The van der Waals surface area contributed by atoms with E-state index in [0.29, 0.717) is 0 Å². The van der Waals surface area contributed by atoms with Crippen LogP contribution in [-0.2, 0) is 7.05 Å². The molecule has 4 nitrogen and oxygen atoms in total. The zero-order valence-corrected chi connectivity index (χ0v) is 11.5. The van der Waals surface area contributed by atoms with Crippen molar-refractivity contribution in [3.05, 3.63) is 59.7 Å². The maximum atomic E-state index is 4.50. The van der Waals surface area contributed by atoms with Gasteiger partial charge in [-0.15, -0.1) is 0 Å². The summed E-state index contributed by atoms with van der Waals surface area (Å²) in [6, 6.07) is 16.2. The minimum atomic E-state index is 0.731. The summed E-state index contributed by atoms with van der Waals surface area (Å²) >= 11 is 0. The van der Waals surface area contributed by atoms with Gasteiger partial charge in [0.25, 0.3) is 0 Å². The summed E-state index contributed by atoms with van der Waals surface area (Å²) in [4.78, 5) is 4.50. The van der Waals surface area contributed by atoms with Crippen LogP contribution in [0.5, 0.6) is 0 Å². The van der Waals surface area contributed by atoms with E-state index in [0.717, 1.165) is 22.5 Å². The summed E-state index contributed by atoms with van der Waals surface area (Å²) < 4.78 is 1.99. The molecule has 1 aromatic heterocycles. The van der Waals surface area contributed by atoms with Crippen molar-refractivity contribution in [2.24, 2.45) is 12.1 Å². The minimum absolute atomic E-state index is 0.731. The maximum Gasteiger partial charge on any atom is 0.224 e. The highest BCUT2D eigenvalue weighted by molar-refractivity contribution is 5.81. The van der Waals surface area contributed by atoms with Crippen molar-refractivity contribution in [2.45, 2.75) is 6.92 Å². The third kappa shape index (κ3) is 2.40. The van der Waals surface area contributed by atoms with E-state index in [4.69, 9.17) is 0 Å². The molecular weight excluding hydrogens is 248 g/mol. The Labute approximate surface area is 117 Å². The molecular formula is C16H16N4. The van der Waals surface area contributed by atoms with Crippen LogP contribution in [0.15, 0.2) is 53.6 Å². The molecule has 0 saturated carbocycles. The smallest absolute Gasteiger partial charge is 0.224 e. The van der Waals surface area contributed by atoms with Crippen molar-refractivity contribution in [1.29, 1.82) is 0 Å². The number of hydrogen-bond donors (Lipinski definition) is 1. The van der Waals surface area contributed by atoms with Crippen molar-refractivity contribution in [3.8, 4) is 0 Å². The van der Waals surface area contributed by atoms with E-state index in [-0.39, 0.29) is 0 Å². The Kier molecular flexibility index (Phi) is 3.21. The number of hydrazone groups is 1. The number of rotatable bonds is 3. The third-order valence-corrected chi connectivity index (χ3v) is 3.24. The number of nitrogens with zero attached hydrogens (tertiary/aromatic N) is 3. The number of para-hydroxylation sites is 2. The number of fused-ring (bicyclic) bond motifs is 1. The molecule has 0 spiro atoms. The van der Waals surface area contributed by atoms with Gasteiger partial charge < -0.3 is 4.57 Å². The lowest BCUT2D eigenvalue weighted by atomic mass is 10.2. The number of benzene rings is 2. The molecule has 0 radical (unpaired) electrons. The number of hydrogen-bond acceptors (Lipinski definition) is 3. The molecule has 4 heteroatoms. The number of aromatic nitrogens is 2. The average molecular weight is 264 g/mol. The Bertz CT molecular complexity index is 754. The van der Waals surface area contributed by atoms with Gasteiger partial charge in [0.1, 0.15) is 0 Å². The zero-order chi connectivity index (χ0) is 13.9. The van der Waals surface area contributed by atoms with Gasteiger partial charge in [-0.05, 0) is 24.6 Å². The highest BCUT2D eigenvalue weighted by Gasteiger charge is 2.04. The molecule has 3 rings (SSSR count). The summed E-state index contributed by atoms with van der Waals surface area (Å²) in [5.41, 5.74) is 7.33. The second kappa shape index (κ2) is 5.17. The normalized spacial score (nSPS) is 11.3. The van der Waals surface area contributed by atoms with Gasteiger partial charge in [0.2, 0.25) is 5.95 Å². The van der Waals surface area contributed by atoms with E-state index in [9.17, 15) is 0 Å². The van der Waals surface area contributed by atoms with Crippen LogP contribution in [0.25, 0.3) is 11.0 Å². The summed E-state index contributed by atoms with van der Waals surface area (Å²) in [6.07, 6.45) is 1.79. The van der Waals surface area contributed by atoms with Crippen LogP contribution in [0.3, 0.4) is 0 Å². The molecule has 0 amide bonds. The van der Waals surface area contributed by atoms with Gasteiger partial charge in [-0.25, -0.2) is 10.4 Å². The van der Waals surface area contributed by atoms with E-state index in [1.807, 2.05) is 48.0 Å². The third-order valence-electron chi connectivity index (χ3n) is 3.24. The van der Waals surface area contributed by atoms with E-state index < -0.39 is 0 Å². The number of anilines is 1. The molecule has 100 valence electrons. The molecule has 0 unspecified atom stereocenters. The molecule has 0 aliphatic rings. The highest BCUT2D eigenvalue weighted by atomic mass is 15.4. The summed E-state index contributed by atoms with van der Waals surface area (Å²) in [5.74, 6) is 0.731. The van der Waals surface area contributed by atoms with Gasteiger partial charge in [0, 0.05) is 7.05 Å². The molecule has 3 aromatic rings. The quantitative estimate of drug-likeness (QED) is 0.582. The molecule has 0 saturated heterocycles. The standard InChI is InChI=1S/C16H16N4/c1-12-7-9-13(10-8-12)11-17-19-16-18-14-5-3-4-6-15(14)20(16)2/h3-11H,1-2H3,(H,18,19)/b17-11-. The van der Waals surface area contributed by atoms with Crippen molar-refractivity contribution < 1.29 is 0 Å². The number of nitrogens with one attached hydrogen (secondary N) is 1. The predicted molar refractivity (Wildman–Crippen MR) is 83.1 cm³/mol. The van der Waals surface area contributed by atoms with Gasteiger partial charge in [0.05, 0.1) is 17.2 Å². The van der Waals surface area contributed by atoms with Gasteiger partial charge in [-0.3, -0.25) is 0 Å². The lowest BCUT2D eigenvalue weighted by Crippen LogP contribution is -1.98. The second-order valence-corrected chi connectivity index (χ2v) is 4.76. The summed E-state index contributed by atoms with van der Waals surface area (Å²) in [7, 11) is 1.97. The SMILES string of the molecule is Cc1ccc(/C=N\Nc2nc3ccccc3n2C)cc1. The van der Waals surface area contributed by atoms with Gasteiger partial charge >= 0.3 is 0 Å². The lowest BCUT2D eigenvalue weighted by Gasteiger charge is -2.00. The summed E-state index contributed by atoms with van der Waals surface area (Å²) in [6.45, 7) is 2.07. The first-order valence-electron chi connectivity index (χ1n) is 6.51. The first kappa shape index (κ1) is 12.4. The van der Waals surface area contributed by atoms with Crippen LogP contribution in [0.1, 0.15) is 11.1 Å². The second-order valence-electron chi connectivity index (χ2n) is 4.76. The van der Waals surface area contributed by atoms with Crippen LogP contribution < -0.4 is 5.43 Å². The van der Waals surface area contributed by atoms with Crippen LogP contribution in [0.2, 0.25) is 0 Å². The van der Waals surface area contributed by atoms with Gasteiger partial charge in [0.15, 0.2) is 0 Å². The molecule has 0 aliphatic carbocycles. The molecule has 20 heavy (non-hydrogen) atoms. The fourth-order valence-electron chi connectivity index (χ4n) is 2.06. The fourth-order valence-corrected chi connectivity index (χ4v) is 2.06. The molecule has 2 aromatic carbocycles. The van der Waals surface area contributed by atoms with E-state index in [2.05, 4.69) is 34.6 Å². The molecule has 1 N–H and O–H groups in total. The molecule has 0 bridgehead atoms. The van der Waals surface area contributed by atoms with E-state index in [1.165, 1.54) is 5.56 Å². The number of aryl methyl sites for hydroxylation is 2. The first-order valence-corrected chi connectivity index (χ1v) is 6.51. The summed E-state index contributed by atoms with van der Waals surface area (Å²) in [5, 5.41) is 4.24. The Morgan fingerprint density at radius 3 is 2.60 bits per heavy atom. The molecule has 1 heterocycles. The molecule has 0 fully saturated rings.